The number of ether oxygens (including phenoxy) is 1. The van der Waals surface area contributed by atoms with Crippen LogP contribution in [0.2, 0.25) is 19.6 Å². The Kier molecular flexibility index (Phi) is 5.11. The molecule has 0 fully saturated rings. The van der Waals surface area contributed by atoms with Gasteiger partial charge < -0.3 is 4.74 Å². The van der Waals surface area contributed by atoms with Gasteiger partial charge in [-0.05, 0) is 12.5 Å². The van der Waals surface area contributed by atoms with Crippen LogP contribution >= 0.6 is 0 Å². The van der Waals surface area contributed by atoms with E-state index in [9.17, 15) is 0 Å². The summed E-state index contributed by atoms with van der Waals surface area (Å²) in [6, 6.07) is 1.77. The van der Waals surface area contributed by atoms with E-state index in [-0.39, 0.29) is 0 Å². The Hall–Kier alpha value is -1.60. The summed E-state index contributed by atoms with van der Waals surface area (Å²) in [6.45, 7) is 8.69. The lowest BCUT2D eigenvalue weighted by Gasteiger charge is -2.04. The van der Waals surface area contributed by atoms with Gasteiger partial charge in [-0.2, -0.15) is 4.98 Å². The van der Waals surface area contributed by atoms with Gasteiger partial charge in [0.25, 0.3) is 0 Å². The minimum absolute atomic E-state index is 0.556. The molecule has 0 aromatic carbocycles. The third kappa shape index (κ3) is 5.15. The van der Waals surface area contributed by atoms with Gasteiger partial charge in [-0.15, -0.1) is 5.54 Å². The molecule has 1 aromatic heterocycles. The number of aromatic nitrogens is 2. The van der Waals surface area contributed by atoms with E-state index in [4.69, 9.17) is 4.74 Å². The largest absolute Gasteiger partial charge is 0.481 e. The molecular weight excluding hydrogens is 240 g/mol. The average molecular weight is 260 g/mol. The van der Waals surface area contributed by atoms with Gasteiger partial charge in [-0.1, -0.05) is 38.6 Å². The fourth-order valence-electron chi connectivity index (χ4n) is 1.16. The molecule has 0 spiro atoms. The van der Waals surface area contributed by atoms with Gasteiger partial charge in [0.1, 0.15) is 13.8 Å². The highest BCUT2D eigenvalue weighted by molar-refractivity contribution is 6.83. The molecule has 0 aliphatic carbocycles. The first kappa shape index (κ1) is 14.5. The second-order valence-electron chi connectivity index (χ2n) is 4.96. The van der Waals surface area contributed by atoms with Gasteiger partial charge in [0, 0.05) is 6.07 Å². The summed E-state index contributed by atoms with van der Waals surface area (Å²) in [6.07, 6.45) is 4.86. The highest BCUT2D eigenvalue weighted by Crippen LogP contribution is 2.10. The number of rotatable bonds is 3. The summed E-state index contributed by atoms with van der Waals surface area (Å²) in [5.41, 5.74) is 4.01. The lowest BCUT2D eigenvalue weighted by molar-refractivity contribution is 0.396. The number of hydrogen-bond donors (Lipinski definition) is 0. The Morgan fingerprint density at radius 2 is 2.06 bits per heavy atom. The van der Waals surface area contributed by atoms with Crippen molar-refractivity contribution in [2.75, 3.05) is 7.11 Å². The van der Waals surface area contributed by atoms with E-state index in [1.807, 2.05) is 12.2 Å². The monoisotopic (exact) mass is 260 g/mol. The zero-order valence-electron chi connectivity index (χ0n) is 11.7. The van der Waals surface area contributed by atoms with Crippen molar-refractivity contribution in [3.8, 4) is 17.3 Å². The van der Waals surface area contributed by atoms with E-state index in [1.165, 1.54) is 0 Å². The smallest absolute Gasteiger partial charge is 0.217 e. The second kappa shape index (κ2) is 6.36. The van der Waals surface area contributed by atoms with Crippen LogP contribution < -0.4 is 4.74 Å². The second-order valence-corrected chi connectivity index (χ2v) is 9.71. The molecule has 0 aliphatic rings. The van der Waals surface area contributed by atoms with E-state index in [0.717, 1.165) is 12.1 Å². The maximum absolute atomic E-state index is 5.17. The molecule has 96 valence electrons. The maximum atomic E-state index is 5.17. The van der Waals surface area contributed by atoms with Crippen LogP contribution in [-0.2, 0) is 0 Å². The SMILES string of the molecule is CC/C=C/c1nc(C#C[Si](C)(C)C)cc(OC)n1. The zero-order chi connectivity index (χ0) is 13.6. The average Bonchev–Trinajstić information content (AvgIpc) is 2.32. The van der Waals surface area contributed by atoms with Crippen molar-refractivity contribution in [2.45, 2.75) is 33.0 Å². The fourth-order valence-corrected chi connectivity index (χ4v) is 1.66. The first-order valence-electron chi connectivity index (χ1n) is 6.07. The van der Waals surface area contributed by atoms with Gasteiger partial charge in [0.15, 0.2) is 5.82 Å². The molecule has 0 saturated carbocycles. The summed E-state index contributed by atoms with van der Waals surface area (Å²) in [5.74, 6) is 4.33. The number of allylic oxidation sites excluding steroid dienone is 1. The van der Waals surface area contributed by atoms with Gasteiger partial charge in [0.05, 0.1) is 7.11 Å². The van der Waals surface area contributed by atoms with Crippen molar-refractivity contribution in [2.24, 2.45) is 0 Å². The number of hydrogen-bond acceptors (Lipinski definition) is 3. The van der Waals surface area contributed by atoms with Crippen LogP contribution in [0.4, 0.5) is 0 Å². The molecule has 18 heavy (non-hydrogen) atoms. The molecule has 1 rings (SSSR count). The molecule has 0 bridgehead atoms. The molecule has 0 saturated heterocycles. The third-order valence-electron chi connectivity index (χ3n) is 2.00. The van der Waals surface area contributed by atoms with Crippen molar-refractivity contribution in [3.05, 3.63) is 23.7 Å². The summed E-state index contributed by atoms with van der Waals surface area (Å²) < 4.78 is 5.17. The summed E-state index contributed by atoms with van der Waals surface area (Å²) in [5, 5.41) is 0. The molecule has 0 aliphatic heterocycles. The van der Waals surface area contributed by atoms with Crippen molar-refractivity contribution >= 4 is 14.1 Å². The molecule has 0 atom stereocenters. The van der Waals surface area contributed by atoms with Crippen molar-refractivity contribution in [1.29, 1.82) is 0 Å². The van der Waals surface area contributed by atoms with Crippen LogP contribution in [0.15, 0.2) is 12.1 Å². The first-order valence-corrected chi connectivity index (χ1v) is 9.57. The minimum Gasteiger partial charge on any atom is -0.481 e. The van der Waals surface area contributed by atoms with E-state index in [0.29, 0.717) is 11.7 Å². The Labute approximate surface area is 110 Å². The lowest BCUT2D eigenvalue weighted by atomic mass is 10.3. The van der Waals surface area contributed by atoms with Crippen LogP contribution in [-0.4, -0.2) is 25.2 Å². The van der Waals surface area contributed by atoms with Crippen LogP contribution in [0.25, 0.3) is 6.08 Å². The molecule has 0 N–H and O–H groups in total. The van der Waals surface area contributed by atoms with Crippen molar-refractivity contribution in [3.63, 3.8) is 0 Å². The Morgan fingerprint density at radius 3 is 2.61 bits per heavy atom. The van der Waals surface area contributed by atoms with Crippen molar-refractivity contribution < 1.29 is 4.74 Å². The molecule has 1 heterocycles. The summed E-state index contributed by atoms with van der Waals surface area (Å²) in [4.78, 5) is 8.65. The Balaban J connectivity index is 3.11. The third-order valence-corrected chi connectivity index (χ3v) is 2.87. The number of methoxy groups -OCH3 is 1. The van der Waals surface area contributed by atoms with Crippen LogP contribution in [0.5, 0.6) is 5.88 Å². The van der Waals surface area contributed by atoms with Crippen LogP contribution in [0, 0.1) is 11.5 Å². The molecule has 1 aromatic rings. The Bertz CT molecular complexity index is 493. The van der Waals surface area contributed by atoms with Crippen LogP contribution in [0.3, 0.4) is 0 Å². The standard InChI is InChI=1S/C14H20N2OSi/c1-6-7-8-13-15-12(9-10-18(3,4)5)11-14(16-13)17-2/h7-8,11H,6H2,1-5H3/b8-7+. The number of nitrogens with zero attached hydrogens (tertiary/aromatic N) is 2. The van der Waals surface area contributed by atoms with Crippen LogP contribution in [0.1, 0.15) is 24.9 Å². The zero-order valence-corrected chi connectivity index (χ0v) is 12.7. The molecule has 0 radical (unpaired) electrons. The molecule has 0 unspecified atom stereocenters. The predicted octanol–water partition coefficient (Wildman–Crippen LogP) is 3.14. The molecule has 3 nitrogen and oxygen atoms in total. The van der Waals surface area contributed by atoms with E-state index < -0.39 is 8.07 Å². The minimum atomic E-state index is -1.39. The quantitative estimate of drug-likeness (QED) is 0.618. The van der Waals surface area contributed by atoms with Gasteiger partial charge >= 0.3 is 0 Å². The van der Waals surface area contributed by atoms with Gasteiger partial charge in [0.2, 0.25) is 5.88 Å². The molecular formula is C14H20N2OSi. The molecule has 0 amide bonds. The van der Waals surface area contributed by atoms with E-state index in [2.05, 4.69) is 48.0 Å². The summed E-state index contributed by atoms with van der Waals surface area (Å²) in [7, 11) is 0.212. The maximum Gasteiger partial charge on any atom is 0.217 e. The normalized spacial score (nSPS) is 11.2. The lowest BCUT2D eigenvalue weighted by Crippen LogP contribution is -2.16. The Morgan fingerprint density at radius 1 is 1.33 bits per heavy atom. The topological polar surface area (TPSA) is 35.0 Å². The predicted molar refractivity (Wildman–Crippen MR) is 78.1 cm³/mol. The van der Waals surface area contributed by atoms with Gasteiger partial charge in [-0.25, -0.2) is 4.98 Å². The van der Waals surface area contributed by atoms with Crippen molar-refractivity contribution in [1.82, 2.24) is 9.97 Å². The summed E-state index contributed by atoms with van der Waals surface area (Å²) >= 11 is 0. The highest BCUT2D eigenvalue weighted by Gasteiger charge is 2.08. The van der Waals surface area contributed by atoms with Gasteiger partial charge in [-0.3, -0.25) is 0 Å². The molecule has 4 heteroatoms. The van der Waals surface area contributed by atoms with E-state index >= 15 is 0 Å². The highest BCUT2D eigenvalue weighted by atomic mass is 28.3. The first-order chi connectivity index (χ1) is 8.44. The fraction of sp³-hybridized carbons (Fsp3) is 0.429. The van der Waals surface area contributed by atoms with E-state index in [1.54, 1.807) is 13.2 Å².